The lowest BCUT2D eigenvalue weighted by atomic mass is 9.55. The number of hydrogen-bond acceptors (Lipinski definition) is 1. The van der Waals surface area contributed by atoms with Gasteiger partial charge in [0.2, 0.25) is 0 Å². The van der Waals surface area contributed by atoms with Crippen molar-refractivity contribution in [2.45, 2.75) is 74.7 Å². The van der Waals surface area contributed by atoms with E-state index in [-0.39, 0.29) is 5.41 Å². The lowest BCUT2D eigenvalue weighted by molar-refractivity contribution is 0.0295. The maximum Gasteiger partial charge on any atom is 0.0419 e. The van der Waals surface area contributed by atoms with Gasteiger partial charge < -0.3 is 0 Å². The third kappa shape index (κ3) is 3.70. The molecule has 1 nitrogen and oxygen atoms in total. The molecule has 104 valence electrons. The highest BCUT2D eigenvalue weighted by Crippen LogP contribution is 2.56. The molecule has 1 heteroatoms. The molecular weight excluding hydrogens is 218 g/mol. The fourth-order valence-corrected chi connectivity index (χ4v) is 4.57. The zero-order chi connectivity index (χ0) is 14.2. The molecule has 0 N–H and O–H groups in total. The minimum Gasteiger partial charge on any atom is -0.263 e. The van der Waals surface area contributed by atoms with Crippen molar-refractivity contribution in [3.8, 4) is 0 Å². The molecule has 0 spiro atoms. The molecule has 0 bridgehead atoms. The smallest absolute Gasteiger partial charge is 0.0419 e. The summed E-state index contributed by atoms with van der Waals surface area (Å²) in [6.45, 7) is 18.3. The summed E-state index contributed by atoms with van der Waals surface area (Å²) in [6, 6.07) is 0. The average molecular weight is 249 g/mol. The van der Waals surface area contributed by atoms with E-state index in [2.05, 4.69) is 61.5 Å². The summed E-state index contributed by atoms with van der Waals surface area (Å²) < 4.78 is 0. The first-order valence-corrected chi connectivity index (χ1v) is 7.18. The molecule has 0 radical (unpaired) electrons. The summed E-state index contributed by atoms with van der Waals surface area (Å²) in [5.74, 6) is 0. The maximum atomic E-state index is 4.80. The summed E-state index contributed by atoms with van der Waals surface area (Å²) in [4.78, 5) is 4.80. The topological polar surface area (TPSA) is 12.4 Å². The molecule has 0 aromatic rings. The van der Waals surface area contributed by atoms with Gasteiger partial charge in [0.15, 0.2) is 0 Å². The lowest BCUT2D eigenvalue weighted by Gasteiger charge is -2.51. The SMILES string of the molecule is C/C=C(\N=C(C)C)C1(C)CC(C)(C)CC(C)(C)C1. The molecule has 0 saturated heterocycles. The number of nitrogens with zero attached hydrogens (tertiary/aromatic N) is 1. The van der Waals surface area contributed by atoms with Crippen LogP contribution in [0.3, 0.4) is 0 Å². The molecule has 0 unspecified atom stereocenters. The second-order valence-electron chi connectivity index (χ2n) is 8.15. The molecule has 0 atom stereocenters. The van der Waals surface area contributed by atoms with E-state index in [1.165, 1.54) is 25.0 Å². The van der Waals surface area contributed by atoms with Crippen LogP contribution in [-0.4, -0.2) is 5.71 Å². The van der Waals surface area contributed by atoms with Crippen LogP contribution in [0.15, 0.2) is 16.8 Å². The largest absolute Gasteiger partial charge is 0.263 e. The lowest BCUT2D eigenvalue weighted by Crippen LogP contribution is -2.40. The number of allylic oxidation sites excluding steroid dienone is 2. The molecule has 0 aromatic carbocycles. The molecule has 0 aliphatic heterocycles. The summed E-state index contributed by atoms with van der Waals surface area (Å²) in [5, 5.41) is 0. The van der Waals surface area contributed by atoms with Gasteiger partial charge in [0.25, 0.3) is 0 Å². The second kappa shape index (κ2) is 4.83. The van der Waals surface area contributed by atoms with Gasteiger partial charge in [0.1, 0.15) is 0 Å². The Bertz CT molecular complexity index is 349. The quantitative estimate of drug-likeness (QED) is 0.564. The molecule has 1 aliphatic carbocycles. The van der Waals surface area contributed by atoms with Crippen LogP contribution in [0.2, 0.25) is 0 Å². The zero-order valence-electron chi connectivity index (χ0n) is 13.6. The summed E-state index contributed by atoms with van der Waals surface area (Å²) in [6.07, 6.45) is 5.99. The van der Waals surface area contributed by atoms with Crippen LogP contribution < -0.4 is 0 Å². The summed E-state index contributed by atoms with van der Waals surface area (Å²) in [5.41, 5.74) is 3.47. The Morgan fingerprint density at radius 1 is 0.889 bits per heavy atom. The number of hydrogen-bond donors (Lipinski definition) is 0. The van der Waals surface area contributed by atoms with Crippen LogP contribution in [0.1, 0.15) is 74.7 Å². The van der Waals surface area contributed by atoms with Gasteiger partial charge >= 0.3 is 0 Å². The zero-order valence-corrected chi connectivity index (χ0v) is 13.6. The monoisotopic (exact) mass is 249 g/mol. The van der Waals surface area contributed by atoms with Crippen LogP contribution in [0.5, 0.6) is 0 Å². The van der Waals surface area contributed by atoms with Gasteiger partial charge in [-0.25, -0.2) is 0 Å². The van der Waals surface area contributed by atoms with Crippen molar-refractivity contribution in [1.82, 2.24) is 0 Å². The first-order valence-electron chi connectivity index (χ1n) is 7.18. The van der Waals surface area contributed by atoms with E-state index in [0.29, 0.717) is 10.8 Å². The molecule has 0 heterocycles. The average Bonchev–Trinajstić information content (AvgIpc) is 2.07. The Morgan fingerprint density at radius 3 is 1.67 bits per heavy atom. The molecule has 1 saturated carbocycles. The van der Waals surface area contributed by atoms with E-state index >= 15 is 0 Å². The highest BCUT2D eigenvalue weighted by atomic mass is 14.8. The van der Waals surface area contributed by atoms with Crippen molar-refractivity contribution < 1.29 is 0 Å². The van der Waals surface area contributed by atoms with Crippen LogP contribution in [-0.2, 0) is 0 Å². The molecule has 1 aliphatic rings. The third-order valence-electron chi connectivity index (χ3n) is 3.93. The first kappa shape index (κ1) is 15.5. The first-order chi connectivity index (χ1) is 8.00. The molecule has 1 fully saturated rings. The van der Waals surface area contributed by atoms with Crippen molar-refractivity contribution >= 4 is 5.71 Å². The Labute approximate surface area is 114 Å². The van der Waals surface area contributed by atoms with Crippen molar-refractivity contribution in [3.05, 3.63) is 11.8 Å². The fourth-order valence-electron chi connectivity index (χ4n) is 4.57. The predicted octanol–water partition coefficient (Wildman–Crippen LogP) is 5.61. The minimum absolute atomic E-state index is 0.220. The molecule has 1 rings (SSSR count). The van der Waals surface area contributed by atoms with Gasteiger partial charge in [-0.1, -0.05) is 40.7 Å². The predicted molar refractivity (Wildman–Crippen MR) is 82.1 cm³/mol. The molecule has 0 aromatic heterocycles. The van der Waals surface area contributed by atoms with Gasteiger partial charge in [0.05, 0.1) is 0 Å². The van der Waals surface area contributed by atoms with Crippen molar-refractivity contribution in [3.63, 3.8) is 0 Å². The van der Waals surface area contributed by atoms with Crippen molar-refractivity contribution in [1.29, 1.82) is 0 Å². The fraction of sp³-hybridized carbons (Fsp3) is 0.824. The Hall–Kier alpha value is -0.590. The van der Waals surface area contributed by atoms with Crippen molar-refractivity contribution in [2.75, 3.05) is 0 Å². The Balaban J connectivity index is 3.15. The van der Waals surface area contributed by atoms with Gasteiger partial charge in [0, 0.05) is 16.8 Å². The third-order valence-corrected chi connectivity index (χ3v) is 3.93. The van der Waals surface area contributed by atoms with E-state index in [4.69, 9.17) is 4.99 Å². The second-order valence-corrected chi connectivity index (χ2v) is 8.15. The van der Waals surface area contributed by atoms with Crippen LogP contribution in [0, 0.1) is 16.2 Å². The number of aliphatic imine (C=N–C) groups is 1. The van der Waals surface area contributed by atoms with E-state index < -0.39 is 0 Å². The summed E-state index contributed by atoms with van der Waals surface area (Å²) in [7, 11) is 0. The van der Waals surface area contributed by atoms with E-state index in [1.807, 2.05) is 0 Å². The van der Waals surface area contributed by atoms with E-state index in [9.17, 15) is 0 Å². The van der Waals surface area contributed by atoms with Gasteiger partial charge in [-0.05, 0) is 50.9 Å². The summed E-state index contributed by atoms with van der Waals surface area (Å²) >= 11 is 0. The van der Waals surface area contributed by atoms with Gasteiger partial charge in [-0.15, -0.1) is 0 Å². The molecule has 0 amide bonds. The minimum atomic E-state index is 0.220. The number of rotatable bonds is 2. The highest BCUT2D eigenvalue weighted by Gasteiger charge is 2.46. The van der Waals surface area contributed by atoms with Crippen LogP contribution in [0.4, 0.5) is 0 Å². The Kier molecular flexibility index (Phi) is 4.15. The van der Waals surface area contributed by atoms with E-state index in [0.717, 1.165) is 5.71 Å². The standard InChI is InChI=1S/C17H31N/c1-9-14(18-13(2)3)17(8)11-15(4,5)10-16(6,7)12-17/h9H,10-12H2,1-8H3/b14-9-. The van der Waals surface area contributed by atoms with Gasteiger partial charge in [-0.2, -0.15) is 0 Å². The molecular formula is C17H31N. The Morgan fingerprint density at radius 2 is 1.33 bits per heavy atom. The van der Waals surface area contributed by atoms with Gasteiger partial charge in [-0.3, -0.25) is 4.99 Å². The van der Waals surface area contributed by atoms with E-state index in [1.54, 1.807) is 0 Å². The van der Waals surface area contributed by atoms with Crippen LogP contribution >= 0.6 is 0 Å². The maximum absolute atomic E-state index is 4.80. The highest BCUT2D eigenvalue weighted by molar-refractivity contribution is 5.80. The normalized spacial score (nSPS) is 25.7. The van der Waals surface area contributed by atoms with Crippen LogP contribution in [0.25, 0.3) is 0 Å². The van der Waals surface area contributed by atoms with Crippen molar-refractivity contribution in [2.24, 2.45) is 21.2 Å². The molecule has 18 heavy (non-hydrogen) atoms.